The molecule has 0 spiro atoms. The number of ketones is 2. The predicted molar refractivity (Wildman–Crippen MR) is 119 cm³/mol. The number of aliphatic hydroxyl groups is 1. The maximum Gasteiger partial charge on any atom is 0.198 e. The lowest BCUT2D eigenvalue weighted by molar-refractivity contribution is 0.0817. The molecular formula is C25H26N2O5. The first-order valence-corrected chi connectivity index (χ1v) is 11.1. The van der Waals surface area contributed by atoms with Crippen LogP contribution in [0.2, 0.25) is 0 Å². The van der Waals surface area contributed by atoms with Crippen LogP contribution in [0.25, 0.3) is 10.9 Å². The summed E-state index contributed by atoms with van der Waals surface area (Å²) in [6.45, 7) is 3.38. The summed E-state index contributed by atoms with van der Waals surface area (Å²) in [6, 6.07) is 8.16. The van der Waals surface area contributed by atoms with Crippen molar-refractivity contribution < 1.29 is 24.9 Å². The van der Waals surface area contributed by atoms with E-state index in [1.54, 1.807) is 36.5 Å². The minimum Gasteiger partial charge on any atom is -0.506 e. The molecule has 0 unspecified atom stereocenters. The number of aromatic nitrogens is 1. The van der Waals surface area contributed by atoms with Crippen LogP contribution in [0.5, 0.6) is 11.5 Å². The number of aliphatic hydroxyl groups excluding tert-OH is 1. The Hall–Kier alpha value is -3.16. The zero-order chi connectivity index (χ0) is 22.4. The van der Waals surface area contributed by atoms with Crippen molar-refractivity contribution in [3.8, 4) is 11.5 Å². The Kier molecular flexibility index (Phi) is 5.23. The maximum atomic E-state index is 13.1. The highest BCUT2D eigenvalue weighted by atomic mass is 16.3. The lowest BCUT2D eigenvalue weighted by atomic mass is 9.82. The molecule has 3 aromatic rings. The summed E-state index contributed by atoms with van der Waals surface area (Å²) in [7, 11) is 0. The first kappa shape index (κ1) is 20.7. The number of phenols is 2. The molecule has 32 heavy (non-hydrogen) atoms. The highest BCUT2D eigenvalue weighted by Gasteiger charge is 2.36. The SMILES string of the molecule is O=C1c2ccccc2C(=O)c2c1c(O)c1ccn(CCCCN3CCC(O)CC3)c1c2O. The van der Waals surface area contributed by atoms with Gasteiger partial charge in [0.25, 0.3) is 0 Å². The molecule has 1 aliphatic heterocycles. The minimum atomic E-state index is -0.454. The number of hydrogen-bond donors (Lipinski definition) is 3. The van der Waals surface area contributed by atoms with Gasteiger partial charge in [-0.15, -0.1) is 0 Å². The Bertz CT molecular complexity index is 1220. The fraction of sp³-hybridized carbons (Fsp3) is 0.360. The van der Waals surface area contributed by atoms with Crippen molar-refractivity contribution in [2.45, 2.75) is 38.3 Å². The first-order valence-electron chi connectivity index (χ1n) is 11.1. The summed E-state index contributed by atoms with van der Waals surface area (Å²) in [5, 5.41) is 31.9. The number of likely N-dealkylation sites (tertiary alicyclic amines) is 1. The van der Waals surface area contributed by atoms with E-state index in [1.807, 2.05) is 4.57 Å². The van der Waals surface area contributed by atoms with E-state index in [0.717, 1.165) is 45.3 Å². The number of benzene rings is 2. The Labute approximate surface area is 185 Å². The Balaban J connectivity index is 1.42. The number of rotatable bonds is 5. The van der Waals surface area contributed by atoms with Gasteiger partial charge in [0, 0.05) is 42.3 Å². The standard InChI is InChI=1S/C25H26N2O5/c28-15-7-12-26(13-8-15)10-3-4-11-27-14-9-18-21(27)25(32)20-19(24(18)31)22(29)16-5-1-2-6-17(16)23(20)30/h1-2,5-6,9,14-15,28,31-32H,3-4,7-8,10-13H2. The molecule has 0 bridgehead atoms. The molecule has 0 amide bonds. The van der Waals surface area contributed by atoms with Gasteiger partial charge in [-0.25, -0.2) is 0 Å². The number of carbonyl (C=O) groups is 2. The monoisotopic (exact) mass is 434 g/mol. The summed E-state index contributed by atoms with van der Waals surface area (Å²) < 4.78 is 1.84. The van der Waals surface area contributed by atoms with Crippen molar-refractivity contribution in [2.24, 2.45) is 0 Å². The Morgan fingerprint density at radius 1 is 0.844 bits per heavy atom. The molecule has 2 aliphatic rings. The zero-order valence-corrected chi connectivity index (χ0v) is 17.8. The van der Waals surface area contributed by atoms with Crippen LogP contribution in [0.1, 0.15) is 57.5 Å². The molecule has 0 saturated carbocycles. The van der Waals surface area contributed by atoms with E-state index < -0.39 is 11.6 Å². The summed E-state index contributed by atoms with van der Waals surface area (Å²) >= 11 is 0. The van der Waals surface area contributed by atoms with Crippen LogP contribution in [0.3, 0.4) is 0 Å². The second-order valence-electron chi connectivity index (χ2n) is 8.70. The molecule has 1 aromatic heterocycles. The number of aromatic hydroxyl groups is 2. The number of phenolic OH excluding ortho intramolecular Hbond substituents is 2. The van der Waals surface area contributed by atoms with Crippen LogP contribution in [-0.4, -0.2) is 62.1 Å². The van der Waals surface area contributed by atoms with Crippen LogP contribution >= 0.6 is 0 Å². The highest BCUT2D eigenvalue weighted by molar-refractivity contribution is 6.32. The van der Waals surface area contributed by atoms with Crippen molar-refractivity contribution in [1.82, 2.24) is 9.47 Å². The molecule has 2 aromatic carbocycles. The summed E-state index contributed by atoms with van der Waals surface area (Å²) in [6.07, 6.45) is 5.04. The van der Waals surface area contributed by atoms with Gasteiger partial charge in [-0.2, -0.15) is 0 Å². The number of carbonyl (C=O) groups excluding carboxylic acids is 2. The molecule has 166 valence electrons. The number of hydrogen-bond acceptors (Lipinski definition) is 6. The highest BCUT2D eigenvalue weighted by Crippen LogP contribution is 2.44. The van der Waals surface area contributed by atoms with E-state index in [4.69, 9.17) is 0 Å². The number of piperidine rings is 1. The maximum absolute atomic E-state index is 13.1. The number of aryl methyl sites for hydroxylation is 1. The Morgan fingerprint density at radius 2 is 1.44 bits per heavy atom. The van der Waals surface area contributed by atoms with E-state index in [2.05, 4.69) is 4.90 Å². The van der Waals surface area contributed by atoms with Crippen molar-refractivity contribution in [3.63, 3.8) is 0 Å². The molecule has 0 atom stereocenters. The summed E-state index contributed by atoms with van der Waals surface area (Å²) in [5.41, 5.74) is 0.615. The van der Waals surface area contributed by atoms with Crippen molar-refractivity contribution >= 4 is 22.5 Å². The number of fused-ring (bicyclic) bond motifs is 3. The van der Waals surface area contributed by atoms with Crippen LogP contribution in [-0.2, 0) is 6.54 Å². The lowest BCUT2D eigenvalue weighted by Crippen LogP contribution is -2.36. The molecule has 0 radical (unpaired) electrons. The van der Waals surface area contributed by atoms with E-state index >= 15 is 0 Å². The third-order valence-electron chi connectivity index (χ3n) is 6.72. The zero-order valence-electron chi connectivity index (χ0n) is 17.8. The van der Waals surface area contributed by atoms with Crippen molar-refractivity contribution in [2.75, 3.05) is 19.6 Å². The molecule has 2 heterocycles. The summed E-state index contributed by atoms with van der Waals surface area (Å²) in [4.78, 5) is 28.5. The minimum absolute atomic E-state index is 0.120. The van der Waals surface area contributed by atoms with Gasteiger partial charge in [0.15, 0.2) is 17.3 Å². The Morgan fingerprint density at radius 3 is 2.09 bits per heavy atom. The van der Waals surface area contributed by atoms with Crippen LogP contribution in [0.4, 0.5) is 0 Å². The fourth-order valence-corrected chi connectivity index (χ4v) is 4.95. The van der Waals surface area contributed by atoms with Crippen LogP contribution < -0.4 is 0 Å². The third kappa shape index (κ3) is 3.29. The van der Waals surface area contributed by atoms with Gasteiger partial charge in [0.05, 0.1) is 22.7 Å². The molecule has 3 N–H and O–H groups in total. The molecule has 1 saturated heterocycles. The van der Waals surface area contributed by atoms with Crippen LogP contribution in [0, 0.1) is 0 Å². The third-order valence-corrected chi connectivity index (χ3v) is 6.72. The molecule has 1 aliphatic carbocycles. The van der Waals surface area contributed by atoms with Gasteiger partial charge in [0.1, 0.15) is 5.75 Å². The van der Waals surface area contributed by atoms with E-state index in [1.165, 1.54) is 0 Å². The average molecular weight is 434 g/mol. The predicted octanol–water partition coefficient (Wildman–Crippen LogP) is 3.06. The van der Waals surface area contributed by atoms with E-state index in [9.17, 15) is 24.9 Å². The van der Waals surface area contributed by atoms with Gasteiger partial charge < -0.3 is 24.8 Å². The van der Waals surface area contributed by atoms with Gasteiger partial charge in [-0.3, -0.25) is 9.59 Å². The number of nitrogens with zero attached hydrogens (tertiary/aromatic N) is 2. The van der Waals surface area contributed by atoms with Gasteiger partial charge in [0.2, 0.25) is 0 Å². The second kappa shape index (κ2) is 8.07. The van der Waals surface area contributed by atoms with Crippen molar-refractivity contribution in [1.29, 1.82) is 0 Å². The molecule has 1 fully saturated rings. The average Bonchev–Trinajstić information content (AvgIpc) is 3.23. The fourth-order valence-electron chi connectivity index (χ4n) is 4.95. The topological polar surface area (TPSA) is 103 Å². The number of unbranched alkanes of at least 4 members (excludes halogenated alkanes) is 1. The molecular weight excluding hydrogens is 408 g/mol. The smallest absolute Gasteiger partial charge is 0.198 e. The second-order valence-corrected chi connectivity index (χ2v) is 8.70. The molecule has 7 heteroatoms. The quantitative estimate of drug-likeness (QED) is 0.330. The van der Waals surface area contributed by atoms with Gasteiger partial charge in [-0.05, 0) is 38.3 Å². The molecule has 5 rings (SSSR count). The van der Waals surface area contributed by atoms with Gasteiger partial charge >= 0.3 is 0 Å². The first-order chi connectivity index (χ1) is 15.5. The van der Waals surface area contributed by atoms with Crippen molar-refractivity contribution in [3.05, 3.63) is 58.8 Å². The largest absolute Gasteiger partial charge is 0.506 e. The van der Waals surface area contributed by atoms with Gasteiger partial charge in [-0.1, -0.05) is 24.3 Å². The summed E-state index contributed by atoms with van der Waals surface area (Å²) in [5.74, 6) is -1.42. The normalized spacial score (nSPS) is 17.0. The van der Waals surface area contributed by atoms with Crippen LogP contribution in [0.15, 0.2) is 36.5 Å². The van der Waals surface area contributed by atoms with E-state index in [0.29, 0.717) is 17.4 Å². The van der Waals surface area contributed by atoms with E-state index in [-0.39, 0.29) is 39.9 Å². The molecule has 7 nitrogen and oxygen atoms in total. The lowest BCUT2D eigenvalue weighted by Gasteiger charge is -2.29.